The summed E-state index contributed by atoms with van der Waals surface area (Å²) in [6, 6.07) is 3.49. The second-order valence-electron chi connectivity index (χ2n) is 6.96. The molecule has 0 fully saturated rings. The van der Waals surface area contributed by atoms with E-state index in [1.165, 1.54) is 57.4 Å². The van der Waals surface area contributed by atoms with Crippen LogP contribution in [0.15, 0.2) is 18.2 Å². The number of benzene rings is 1. The number of hydrogen-bond donors (Lipinski definition) is 1. The van der Waals surface area contributed by atoms with E-state index in [0.29, 0.717) is 29.4 Å². The average Bonchev–Trinajstić information content (AvgIpc) is 2.70. The van der Waals surface area contributed by atoms with Gasteiger partial charge in [-0.1, -0.05) is 64.7 Å². The zero-order valence-corrected chi connectivity index (χ0v) is 17.7. The first-order valence-corrected chi connectivity index (χ1v) is 10.4. The van der Waals surface area contributed by atoms with Crippen molar-refractivity contribution in [3.8, 4) is 17.2 Å². The molecule has 1 aromatic carbocycles. The highest BCUT2D eigenvalue weighted by Crippen LogP contribution is 2.39. The fraction of sp³-hybridized carbons (Fsp3) is 0.609. The number of hydrogen-bond acceptors (Lipinski definition) is 4. The van der Waals surface area contributed by atoms with E-state index >= 15 is 0 Å². The van der Waals surface area contributed by atoms with Crippen LogP contribution >= 0.6 is 0 Å². The molecule has 5 heteroatoms. The van der Waals surface area contributed by atoms with Crippen molar-refractivity contribution < 1.29 is 24.1 Å². The number of carbonyl (C=O) groups is 1. The van der Waals surface area contributed by atoms with Gasteiger partial charge < -0.3 is 19.3 Å². The summed E-state index contributed by atoms with van der Waals surface area (Å²) in [6.45, 7) is 2.85. The van der Waals surface area contributed by atoms with Crippen molar-refractivity contribution in [2.75, 3.05) is 20.8 Å². The molecular weight excluding hydrogens is 356 g/mol. The number of aliphatic carboxylic acids is 1. The Hall–Kier alpha value is -2.17. The molecule has 0 bridgehead atoms. The second-order valence-corrected chi connectivity index (χ2v) is 6.96. The van der Waals surface area contributed by atoms with Gasteiger partial charge in [0.2, 0.25) is 5.75 Å². The van der Waals surface area contributed by atoms with Gasteiger partial charge in [0.25, 0.3) is 0 Å². The molecular formula is C23H36O5. The highest BCUT2D eigenvalue weighted by molar-refractivity contribution is 5.85. The van der Waals surface area contributed by atoms with Gasteiger partial charge in [-0.05, 0) is 30.2 Å². The van der Waals surface area contributed by atoms with Crippen LogP contribution in [0, 0.1) is 0 Å². The van der Waals surface area contributed by atoms with Crippen LogP contribution in [-0.4, -0.2) is 31.9 Å². The molecule has 1 N–H and O–H groups in total. The number of rotatable bonds is 16. The molecule has 28 heavy (non-hydrogen) atoms. The lowest BCUT2D eigenvalue weighted by atomic mass is 10.1. The smallest absolute Gasteiger partial charge is 0.328 e. The summed E-state index contributed by atoms with van der Waals surface area (Å²) in [5, 5.41) is 8.78. The first-order chi connectivity index (χ1) is 13.6. The first-order valence-electron chi connectivity index (χ1n) is 10.4. The maximum atomic E-state index is 10.7. The Morgan fingerprint density at radius 3 is 1.86 bits per heavy atom. The van der Waals surface area contributed by atoms with Crippen LogP contribution in [0.5, 0.6) is 17.2 Å². The topological polar surface area (TPSA) is 65.0 Å². The standard InChI is InChI=1S/C23H36O5/c1-4-5-6-7-8-9-10-11-12-13-16-28-23-20(26-2)17-19(14-15-22(24)25)18-21(23)27-3/h14-15,17-18H,4-13,16H2,1-3H3,(H,24,25). The van der Waals surface area contributed by atoms with Crippen LogP contribution in [0.25, 0.3) is 6.08 Å². The van der Waals surface area contributed by atoms with Crippen LogP contribution in [0.1, 0.15) is 76.7 Å². The van der Waals surface area contributed by atoms with Gasteiger partial charge in [0.05, 0.1) is 20.8 Å². The largest absolute Gasteiger partial charge is 0.493 e. The molecule has 1 aromatic rings. The maximum Gasteiger partial charge on any atom is 0.328 e. The number of methoxy groups -OCH3 is 2. The first kappa shape index (κ1) is 23.9. The summed E-state index contributed by atoms with van der Waals surface area (Å²) < 4.78 is 16.7. The molecule has 0 amide bonds. The minimum Gasteiger partial charge on any atom is -0.493 e. The average molecular weight is 393 g/mol. The minimum atomic E-state index is -1.00. The van der Waals surface area contributed by atoms with Gasteiger partial charge in [0.1, 0.15) is 0 Å². The van der Waals surface area contributed by atoms with Gasteiger partial charge in [-0.15, -0.1) is 0 Å². The Kier molecular flexibility index (Phi) is 12.6. The van der Waals surface area contributed by atoms with E-state index in [2.05, 4.69) is 6.92 Å². The van der Waals surface area contributed by atoms with Crippen LogP contribution in [0.2, 0.25) is 0 Å². The lowest BCUT2D eigenvalue weighted by molar-refractivity contribution is -0.131. The molecule has 0 spiro atoms. The van der Waals surface area contributed by atoms with Crippen molar-refractivity contribution in [3.63, 3.8) is 0 Å². The van der Waals surface area contributed by atoms with Gasteiger partial charge in [0, 0.05) is 6.08 Å². The van der Waals surface area contributed by atoms with Crippen molar-refractivity contribution in [2.24, 2.45) is 0 Å². The lowest BCUT2D eigenvalue weighted by Crippen LogP contribution is -2.02. The van der Waals surface area contributed by atoms with E-state index in [-0.39, 0.29) is 0 Å². The molecule has 0 aliphatic heterocycles. The summed E-state index contributed by atoms with van der Waals surface area (Å²) in [5.74, 6) is 0.639. The molecule has 5 nitrogen and oxygen atoms in total. The molecule has 0 saturated heterocycles. The maximum absolute atomic E-state index is 10.7. The fourth-order valence-corrected chi connectivity index (χ4v) is 3.07. The van der Waals surface area contributed by atoms with Gasteiger partial charge in [-0.25, -0.2) is 4.79 Å². The molecule has 0 unspecified atom stereocenters. The van der Waals surface area contributed by atoms with E-state index in [0.717, 1.165) is 18.9 Å². The second kappa shape index (κ2) is 14.8. The van der Waals surface area contributed by atoms with Crippen LogP contribution in [0.3, 0.4) is 0 Å². The predicted molar refractivity (Wildman–Crippen MR) is 114 cm³/mol. The van der Waals surface area contributed by atoms with Crippen LogP contribution in [0.4, 0.5) is 0 Å². The molecule has 158 valence electrons. The summed E-state index contributed by atoms with van der Waals surface area (Å²) >= 11 is 0. The summed E-state index contributed by atoms with van der Waals surface area (Å²) in [4.78, 5) is 10.7. The number of carboxylic acid groups (broad SMARTS) is 1. The lowest BCUT2D eigenvalue weighted by Gasteiger charge is -2.15. The van der Waals surface area contributed by atoms with Crippen molar-refractivity contribution in [1.82, 2.24) is 0 Å². The summed E-state index contributed by atoms with van der Waals surface area (Å²) in [6.07, 6.45) is 15.4. The third-order valence-electron chi connectivity index (χ3n) is 4.65. The summed E-state index contributed by atoms with van der Waals surface area (Å²) in [5.41, 5.74) is 0.683. The minimum absolute atomic E-state index is 0.538. The van der Waals surface area contributed by atoms with Crippen molar-refractivity contribution in [1.29, 1.82) is 0 Å². The Labute approximate surface area is 169 Å². The third-order valence-corrected chi connectivity index (χ3v) is 4.65. The van der Waals surface area contributed by atoms with Gasteiger partial charge >= 0.3 is 5.97 Å². The fourth-order valence-electron chi connectivity index (χ4n) is 3.07. The molecule has 1 rings (SSSR count). The zero-order chi connectivity index (χ0) is 20.6. The summed E-state index contributed by atoms with van der Waals surface area (Å²) in [7, 11) is 3.12. The zero-order valence-electron chi connectivity index (χ0n) is 17.7. The Bertz CT molecular complexity index is 570. The van der Waals surface area contributed by atoms with Crippen molar-refractivity contribution in [2.45, 2.75) is 71.1 Å². The number of carboxylic acids is 1. The van der Waals surface area contributed by atoms with Crippen molar-refractivity contribution >= 4 is 12.0 Å². The van der Waals surface area contributed by atoms with E-state index in [9.17, 15) is 4.79 Å². The van der Waals surface area contributed by atoms with Gasteiger partial charge in [-0.3, -0.25) is 0 Å². The predicted octanol–water partition coefficient (Wildman–Crippen LogP) is 6.10. The van der Waals surface area contributed by atoms with E-state index in [4.69, 9.17) is 19.3 Å². The molecule has 0 heterocycles. The molecule has 0 atom stereocenters. The Balaban J connectivity index is 2.39. The molecule has 0 aliphatic carbocycles. The number of ether oxygens (including phenoxy) is 3. The molecule has 0 aromatic heterocycles. The van der Waals surface area contributed by atoms with Crippen molar-refractivity contribution in [3.05, 3.63) is 23.8 Å². The van der Waals surface area contributed by atoms with Gasteiger partial charge in [-0.2, -0.15) is 0 Å². The molecule has 0 aliphatic rings. The van der Waals surface area contributed by atoms with E-state index in [1.54, 1.807) is 26.4 Å². The quantitative estimate of drug-likeness (QED) is 0.272. The normalized spacial score (nSPS) is 11.0. The SMILES string of the molecule is CCCCCCCCCCCCOc1c(OC)cc(C=CC(=O)O)cc1OC. The number of unbranched alkanes of at least 4 members (excludes halogenated alkanes) is 9. The molecule has 0 radical (unpaired) electrons. The van der Waals surface area contributed by atoms with Gasteiger partial charge in [0.15, 0.2) is 11.5 Å². The highest BCUT2D eigenvalue weighted by atomic mass is 16.5. The van der Waals surface area contributed by atoms with Crippen LogP contribution in [-0.2, 0) is 4.79 Å². The van der Waals surface area contributed by atoms with Crippen LogP contribution < -0.4 is 14.2 Å². The van der Waals surface area contributed by atoms with E-state index < -0.39 is 5.97 Å². The Morgan fingerprint density at radius 2 is 1.39 bits per heavy atom. The van der Waals surface area contributed by atoms with E-state index in [1.807, 2.05) is 0 Å². The highest BCUT2D eigenvalue weighted by Gasteiger charge is 2.13. The third kappa shape index (κ3) is 9.67. The Morgan fingerprint density at radius 1 is 0.893 bits per heavy atom. The monoisotopic (exact) mass is 392 g/mol. The molecule has 0 saturated carbocycles.